The van der Waals surface area contributed by atoms with Crippen LogP contribution in [-0.2, 0) is 12.1 Å². The molecule has 1 aliphatic rings. The summed E-state index contributed by atoms with van der Waals surface area (Å²) in [4.78, 5) is 2.44. The lowest BCUT2D eigenvalue weighted by atomic mass is 9.70. The molecule has 1 fully saturated rings. The predicted molar refractivity (Wildman–Crippen MR) is 105 cm³/mol. The van der Waals surface area contributed by atoms with E-state index >= 15 is 0 Å². The normalized spacial score (nSPS) is 27.2. The number of methoxy groups -OCH3 is 1. The molecule has 0 radical (unpaired) electrons. The van der Waals surface area contributed by atoms with E-state index in [-0.39, 0.29) is 11.8 Å². The molecular formula is C21H28BNO2. The Morgan fingerprint density at radius 2 is 1.60 bits per heavy atom. The SMILES string of the molecule is Bc1ccc([C@@]2(O)[C@H](C)CN(Cc3ccc(OC)cc3)C[C@@H]2C)cc1. The van der Waals surface area contributed by atoms with Crippen molar-refractivity contribution in [3.8, 4) is 5.75 Å². The lowest BCUT2D eigenvalue weighted by molar-refractivity contribution is -0.114. The fourth-order valence-electron chi connectivity index (χ4n) is 4.12. The van der Waals surface area contributed by atoms with Gasteiger partial charge in [-0.05, 0) is 23.3 Å². The second-order valence-corrected chi connectivity index (χ2v) is 7.54. The average molecular weight is 337 g/mol. The third kappa shape index (κ3) is 3.60. The number of aliphatic hydroxyl groups is 1. The second kappa shape index (κ2) is 7.23. The Morgan fingerprint density at radius 1 is 1.04 bits per heavy atom. The minimum atomic E-state index is -0.760. The van der Waals surface area contributed by atoms with E-state index in [9.17, 15) is 5.11 Å². The van der Waals surface area contributed by atoms with Crippen molar-refractivity contribution in [1.29, 1.82) is 0 Å². The van der Waals surface area contributed by atoms with Gasteiger partial charge in [-0.15, -0.1) is 0 Å². The van der Waals surface area contributed by atoms with Gasteiger partial charge in [-0.3, -0.25) is 4.90 Å². The molecule has 25 heavy (non-hydrogen) atoms. The minimum absolute atomic E-state index is 0.178. The highest BCUT2D eigenvalue weighted by atomic mass is 16.5. The molecule has 1 saturated heterocycles. The first-order valence-corrected chi connectivity index (χ1v) is 9.08. The van der Waals surface area contributed by atoms with E-state index in [1.807, 2.05) is 12.1 Å². The highest BCUT2D eigenvalue weighted by Gasteiger charge is 2.45. The van der Waals surface area contributed by atoms with E-state index in [1.165, 1.54) is 11.0 Å². The molecule has 2 aromatic rings. The summed E-state index contributed by atoms with van der Waals surface area (Å²) in [6, 6.07) is 16.6. The molecule has 0 amide bonds. The summed E-state index contributed by atoms with van der Waals surface area (Å²) in [6.45, 7) is 7.01. The van der Waals surface area contributed by atoms with Crippen LogP contribution in [0.1, 0.15) is 25.0 Å². The van der Waals surface area contributed by atoms with Gasteiger partial charge in [0.25, 0.3) is 0 Å². The van der Waals surface area contributed by atoms with E-state index in [1.54, 1.807) is 7.11 Å². The molecule has 1 N–H and O–H groups in total. The molecule has 1 aliphatic heterocycles. The highest BCUT2D eigenvalue weighted by molar-refractivity contribution is 6.32. The van der Waals surface area contributed by atoms with Gasteiger partial charge in [0, 0.05) is 31.5 Å². The summed E-state index contributed by atoms with van der Waals surface area (Å²) in [5.41, 5.74) is 2.79. The maximum atomic E-state index is 11.5. The van der Waals surface area contributed by atoms with E-state index in [2.05, 4.69) is 63.0 Å². The molecule has 4 heteroatoms. The Balaban J connectivity index is 1.73. The number of ether oxygens (including phenoxy) is 1. The molecule has 0 aromatic heterocycles. The standard InChI is InChI=1S/C21H28BNO2/c1-15-12-23(14-17-4-10-20(25-3)11-5-17)13-16(2)21(15,24)18-6-8-19(22)9-7-18/h4-11,15-16,24H,12-14,22H2,1-3H3/t15-,16+,21-. The van der Waals surface area contributed by atoms with Gasteiger partial charge < -0.3 is 9.84 Å². The Hall–Kier alpha value is -1.78. The molecule has 1 heterocycles. The summed E-state index contributed by atoms with van der Waals surface area (Å²) in [5.74, 6) is 1.24. The first-order chi connectivity index (χ1) is 11.9. The third-order valence-corrected chi connectivity index (χ3v) is 5.65. The van der Waals surface area contributed by atoms with Gasteiger partial charge in [-0.25, -0.2) is 0 Å². The highest BCUT2D eigenvalue weighted by Crippen LogP contribution is 2.41. The largest absolute Gasteiger partial charge is 0.497 e. The summed E-state index contributed by atoms with van der Waals surface area (Å²) in [5, 5.41) is 11.5. The maximum absolute atomic E-state index is 11.5. The van der Waals surface area contributed by atoms with Crippen LogP contribution in [0.3, 0.4) is 0 Å². The first-order valence-electron chi connectivity index (χ1n) is 9.08. The van der Waals surface area contributed by atoms with Crippen LogP contribution in [0.15, 0.2) is 48.5 Å². The summed E-state index contributed by atoms with van der Waals surface area (Å²) >= 11 is 0. The quantitative estimate of drug-likeness (QED) is 0.866. The summed E-state index contributed by atoms with van der Waals surface area (Å²) in [7, 11) is 3.77. The third-order valence-electron chi connectivity index (χ3n) is 5.65. The van der Waals surface area contributed by atoms with Crippen molar-refractivity contribution in [2.75, 3.05) is 20.2 Å². The van der Waals surface area contributed by atoms with E-state index < -0.39 is 5.60 Å². The Morgan fingerprint density at radius 3 is 2.12 bits per heavy atom. The molecule has 0 aliphatic carbocycles. The zero-order chi connectivity index (χ0) is 18.0. The van der Waals surface area contributed by atoms with Crippen LogP contribution in [0.25, 0.3) is 0 Å². The number of hydrogen-bond acceptors (Lipinski definition) is 3. The van der Waals surface area contributed by atoms with E-state index in [0.717, 1.165) is 30.9 Å². The van der Waals surface area contributed by atoms with Gasteiger partial charge in [-0.2, -0.15) is 0 Å². The van der Waals surface area contributed by atoms with Crippen LogP contribution in [-0.4, -0.2) is 38.1 Å². The van der Waals surface area contributed by atoms with Crippen molar-refractivity contribution in [2.45, 2.75) is 26.0 Å². The van der Waals surface area contributed by atoms with Crippen LogP contribution in [0.5, 0.6) is 5.75 Å². The van der Waals surface area contributed by atoms with Gasteiger partial charge in [0.2, 0.25) is 0 Å². The van der Waals surface area contributed by atoms with Crippen molar-refractivity contribution in [3.63, 3.8) is 0 Å². The predicted octanol–water partition coefficient (Wildman–Crippen LogP) is 1.93. The number of rotatable bonds is 4. The number of hydrogen-bond donors (Lipinski definition) is 1. The van der Waals surface area contributed by atoms with Gasteiger partial charge in [0.05, 0.1) is 12.7 Å². The lowest BCUT2D eigenvalue weighted by Crippen LogP contribution is -2.54. The zero-order valence-corrected chi connectivity index (χ0v) is 15.7. The number of benzene rings is 2. The molecule has 3 nitrogen and oxygen atoms in total. The van der Waals surface area contributed by atoms with E-state index in [0.29, 0.717) is 0 Å². The molecule has 2 aromatic carbocycles. The Labute approximate surface area is 152 Å². The van der Waals surface area contributed by atoms with Crippen LogP contribution in [0.2, 0.25) is 0 Å². The summed E-state index contributed by atoms with van der Waals surface area (Å²) in [6.07, 6.45) is 0. The van der Waals surface area contributed by atoms with Crippen molar-refractivity contribution in [3.05, 3.63) is 59.7 Å². The molecule has 3 atom stereocenters. The molecule has 0 bridgehead atoms. The monoisotopic (exact) mass is 337 g/mol. The first kappa shape index (κ1) is 18.0. The van der Waals surface area contributed by atoms with Gasteiger partial charge in [0.1, 0.15) is 13.6 Å². The lowest BCUT2D eigenvalue weighted by Gasteiger charge is -2.48. The average Bonchev–Trinajstić information content (AvgIpc) is 2.61. The molecule has 0 unspecified atom stereocenters. The maximum Gasteiger partial charge on any atom is 0.139 e. The molecular weight excluding hydrogens is 309 g/mol. The van der Waals surface area contributed by atoms with Crippen molar-refractivity contribution in [1.82, 2.24) is 4.90 Å². The smallest absolute Gasteiger partial charge is 0.139 e. The topological polar surface area (TPSA) is 32.7 Å². The fourth-order valence-corrected chi connectivity index (χ4v) is 4.12. The van der Waals surface area contributed by atoms with Gasteiger partial charge in [0.15, 0.2) is 0 Å². The van der Waals surface area contributed by atoms with Gasteiger partial charge >= 0.3 is 0 Å². The van der Waals surface area contributed by atoms with Crippen molar-refractivity contribution in [2.24, 2.45) is 11.8 Å². The minimum Gasteiger partial charge on any atom is -0.497 e. The van der Waals surface area contributed by atoms with Crippen LogP contribution in [0, 0.1) is 11.8 Å². The second-order valence-electron chi connectivity index (χ2n) is 7.54. The molecule has 0 spiro atoms. The molecule has 3 rings (SSSR count). The van der Waals surface area contributed by atoms with Crippen LogP contribution < -0.4 is 10.2 Å². The Bertz CT molecular complexity index is 687. The number of piperidine rings is 1. The van der Waals surface area contributed by atoms with Crippen LogP contribution >= 0.6 is 0 Å². The summed E-state index contributed by atoms with van der Waals surface area (Å²) < 4.78 is 5.23. The van der Waals surface area contributed by atoms with Gasteiger partial charge in [-0.1, -0.05) is 55.7 Å². The zero-order valence-electron chi connectivity index (χ0n) is 15.7. The van der Waals surface area contributed by atoms with Crippen molar-refractivity contribution >= 4 is 13.3 Å². The fraction of sp³-hybridized carbons (Fsp3) is 0.429. The molecule has 132 valence electrons. The van der Waals surface area contributed by atoms with E-state index in [4.69, 9.17) is 4.74 Å². The van der Waals surface area contributed by atoms with Crippen molar-refractivity contribution < 1.29 is 9.84 Å². The number of likely N-dealkylation sites (tertiary alicyclic amines) is 1. The number of nitrogens with zero attached hydrogens (tertiary/aromatic N) is 1. The molecule has 0 saturated carbocycles. The Kier molecular flexibility index (Phi) is 5.21. The van der Waals surface area contributed by atoms with Crippen LogP contribution in [0.4, 0.5) is 0 Å².